The Labute approximate surface area is 116 Å². The van der Waals surface area contributed by atoms with Crippen LogP contribution in [0.2, 0.25) is 10.2 Å². The third-order valence-electron chi connectivity index (χ3n) is 2.21. The van der Waals surface area contributed by atoms with E-state index in [0.29, 0.717) is 16.1 Å². The maximum absolute atomic E-state index is 12.1. The topological polar surface area (TPSA) is 22.1 Å². The summed E-state index contributed by atoms with van der Waals surface area (Å²) < 4.78 is 40.3. The predicted octanol–water partition coefficient (Wildman–Crippen LogP) is 4.95. The fraction of sp³-hybridized carbons (Fsp3) is 0.0833. The monoisotopic (exact) mass is 307 g/mol. The van der Waals surface area contributed by atoms with E-state index in [4.69, 9.17) is 23.2 Å². The minimum Gasteiger partial charge on any atom is -0.406 e. The lowest BCUT2D eigenvalue weighted by Crippen LogP contribution is -2.17. The lowest BCUT2D eigenvalue weighted by molar-refractivity contribution is -0.274. The zero-order chi connectivity index (χ0) is 14.0. The summed E-state index contributed by atoms with van der Waals surface area (Å²) in [5, 5.41) is 0.404. The number of nitrogens with zero attached hydrogens (tertiary/aromatic N) is 1. The summed E-state index contributed by atoms with van der Waals surface area (Å²) in [5.41, 5.74) is 0.753. The second kappa shape index (κ2) is 5.27. The zero-order valence-corrected chi connectivity index (χ0v) is 10.7. The lowest BCUT2D eigenvalue weighted by atomic mass is 10.1. The molecule has 0 aliphatic rings. The van der Waals surface area contributed by atoms with Gasteiger partial charge in [-0.3, -0.25) is 0 Å². The first kappa shape index (κ1) is 14.0. The Kier molecular flexibility index (Phi) is 3.87. The quantitative estimate of drug-likeness (QED) is 0.732. The van der Waals surface area contributed by atoms with Crippen LogP contribution in [0.5, 0.6) is 5.75 Å². The smallest absolute Gasteiger partial charge is 0.406 e. The first-order chi connectivity index (χ1) is 8.87. The minimum absolute atomic E-state index is 0.108. The SMILES string of the molecule is FC(F)(F)Oc1cccc(-c2c(Cl)ccnc2Cl)c1. The van der Waals surface area contributed by atoms with Crippen LogP contribution in [-0.2, 0) is 0 Å². The highest BCUT2D eigenvalue weighted by molar-refractivity contribution is 6.38. The molecule has 0 bridgehead atoms. The Morgan fingerprint density at radius 3 is 2.47 bits per heavy atom. The van der Waals surface area contributed by atoms with Crippen LogP contribution < -0.4 is 4.74 Å². The van der Waals surface area contributed by atoms with Crippen LogP contribution in [0.4, 0.5) is 13.2 Å². The van der Waals surface area contributed by atoms with Crippen molar-refractivity contribution in [1.82, 2.24) is 4.98 Å². The molecule has 2 rings (SSSR count). The molecule has 1 aromatic heterocycles. The molecule has 0 N–H and O–H groups in total. The van der Waals surface area contributed by atoms with Gasteiger partial charge in [0.2, 0.25) is 0 Å². The number of aromatic nitrogens is 1. The number of hydrogen-bond acceptors (Lipinski definition) is 2. The summed E-state index contributed by atoms with van der Waals surface area (Å²) in [6.45, 7) is 0. The zero-order valence-electron chi connectivity index (χ0n) is 9.21. The normalized spacial score (nSPS) is 11.4. The van der Waals surface area contributed by atoms with E-state index in [1.54, 1.807) is 6.07 Å². The van der Waals surface area contributed by atoms with Crippen LogP contribution in [0.15, 0.2) is 36.5 Å². The van der Waals surface area contributed by atoms with Gasteiger partial charge in [0.05, 0.1) is 5.02 Å². The van der Waals surface area contributed by atoms with Gasteiger partial charge in [-0.25, -0.2) is 4.98 Å². The molecule has 0 unspecified atom stereocenters. The molecule has 0 spiro atoms. The second-order valence-corrected chi connectivity index (χ2v) is 4.30. The van der Waals surface area contributed by atoms with E-state index < -0.39 is 6.36 Å². The van der Waals surface area contributed by atoms with Crippen molar-refractivity contribution in [2.24, 2.45) is 0 Å². The van der Waals surface area contributed by atoms with Crippen molar-refractivity contribution in [3.05, 3.63) is 46.7 Å². The Morgan fingerprint density at radius 2 is 1.84 bits per heavy atom. The van der Waals surface area contributed by atoms with E-state index in [9.17, 15) is 13.2 Å². The number of benzene rings is 1. The fourth-order valence-corrected chi connectivity index (χ4v) is 2.09. The van der Waals surface area contributed by atoms with Crippen molar-refractivity contribution in [3.63, 3.8) is 0 Å². The molecule has 2 nitrogen and oxygen atoms in total. The van der Waals surface area contributed by atoms with Gasteiger partial charge in [-0.15, -0.1) is 13.2 Å². The van der Waals surface area contributed by atoms with Crippen molar-refractivity contribution < 1.29 is 17.9 Å². The van der Waals surface area contributed by atoms with Gasteiger partial charge < -0.3 is 4.74 Å². The van der Waals surface area contributed by atoms with Crippen molar-refractivity contribution in [3.8, 4) is 16.9 Å². The molecule has 1 heterocycles. The van der Waals surface area contributed by atoms with Gasteiger partial charge in [-0.1, -0.05) is 35.3 Å². The number of ether oxygens (including phenoxy) is 1. The van der Waals surface area contributed by atoms with Gasteiger partial charge in [-0.2, -0.15) is 0 Å². The molecule has 0 aliphatic carbocycles. The van der Waals surface area contributed by atoms with Crippen LogP contribution >= 0.6 is 23.2 Å². The molecule has 100 valence electrons. The lowest BCUT2D eigenvalue weighted by Gasteiger charge is -2.11. The largest absolute Gasteiger partial charge is 0.573 e. The average molecular weight is 308 g/mol. The summed E-state index contributed by atoms with van der Waals surface area (Å²) in [7, 11) is 0. The van der Waals surface area contributed by atoms with Gasteiger partial charge in [0, 0.05) is 11.8 Å². The Morgan fingerprint density at radius 1 is 1.11 bits per heavy atom. The average Bonchev–Trinajstić information content (AvgIpc) is 2.26. The summed E-state index contributed by atoms with van der Waals surface area (Å²) >= 11 is 11.9. The summed E-state index contributed by atoms with van der Waals surface area (Å²) in [6, 6.07) is 6.87. The van der Waals surface area contributed by atoms with Crippen molar-refractivity contribution in [2.75, 3.05) is 0 Å². The van der Waals surface area contributed by atoms with E-state index in [-0.39, 0.29) is 10.9 Å². The number of alkyl halides is 3. The van der Waals surface area contributed by atoms with E-state index in [0.717, 1.165) is 0 Å². The van der Waals surface area contributed by atoms with Crippen molar-refractivity contribution in [2.45, 2.75) is 6.36 Å². The summed E-state index contributed by atoms with van der Waals surface area (Å²) in [4.78, 5) is 3.84. The van der Waals surface area contributed by atoms with Gasteiger partial charge >= 0.3 is 6.36 Å². The molecular formula is C12H6Cl2F3NO. The first-order valence-electron chi connectivity index (χ1n) is 5.03. The van der Waals surface area contributed by atoms with Crippen LogP contribution in [0.1, 0.15) is 0 Å². The number of hydrogen-bond donors (Lipinski definition) is 0. The molecule has 0 radical (unpaired) electrons. The van der Waals surface area contributed by atoms with Crippen LogP contribution in [0.25, 0.3) is 11.1 Å². The maximum atomic E-state index is 12.1. The number of pyridine rings is 1. The Bertz CT molecular complexity index is 582. The summed E-state index contributed by atoms with van der Waals surface area (Å²) in [5.74, 6) is -0.346. The molecule has 0 saturated heterocycles. The fourth-order valence-electron chi connectivity index (χ4n) is 1.52. The van der Waals surface area contributed by atoms with Crippen molar-refractivity contribution >= 4 is 23.2 Å². The third-order valence-corrected chi connectivity index (χ3v) is 2.81. The molecule has 1 aromatic carbocycles. The Hall–Kier alpha value is -1.46. The van der Waals surface area contributed by atoms with Gasteiger partial charge in [0.15, 0.2) is 0 Å². The molecule has 2 aromatic rings. The molecule has 0 saturated carbocycles. The molecule has 0 aliphatic heterocycles. The molecule has 0 atom stereocenters. The van der Waals surface area contributed by atoms with E-state index in [1.165, 1.54) is 30.5 Å². The third kappa shape index (κ3) is 3.52. The molecule has 19 heavy (non-hydrogen) atoms. The van der Waals surface area contributed by atoms with Crippen LogP contribution in [0, 0.1) is 0 Å². The van der Waals surface area contributed by atoms with Gasteiger partial charge in [-0.05, 0) is 23.8 Å². The first-order valence-corrected chi connectivity index (χ1v) is 5.78. The maximum Gasteiger partial charge on any atom is 0.573 e. The molecule has 0 fully saturated rings. The highest BCUT2D eigenvalue weighted by Crippen LogP contribution is 2.35. The Balaban J connectivity index is 2.44. The van der Waals surface area contributed by atoms with Crippen LogP contribution in [0.3, 0.4) is 0 Å². The summed E-state index contributed by atoms with van der Waals surface area (Å²) in [6.07, 6.45) is -3.34. The second-order valence-electron chi connectivity index (χ2n) is 3.53. The van der Waals surface area contributed by atoms with Gasteiger partial charge in [0.25, 0.3) is 0 Å². The van der Waals surface area contributed by atoms with Crippen LogP contribution in [-0.4, -0.2) is 11.3 Å². The highest BCUT2D eigenvalue weighted by atomic mass is 35.5. The van der Waals surface area contributed by atoms with Gasteiger partial charge in [0.1, 0.15) is 10.9 Å². The van der Waals surface area contributed by atoms with Crippen molar-refractivity contribution in [1.29, 1.82) is 0 Å². The highest BCUT2D eigenvalue weighted by Gasteiger charge is 2.31. The number of halogens is 5. The standard InChI is InChI=1S/C12H6Cl2F3NO/c13-9-4-5-18-11(14)10(9)7-2-1-3-8(6-7)19-12(15,16)17/h1-6H. The van der Waals surface area contributed by atoms with E-state index in [1.807, 2.05) is 0 Å². The van der Waals surface area contributed by atoms with E-state index in [2.05, 4.69) is 9.72 Å². The van der Waals surface area contributed by atoms with E-state index >= 15 is 0 Å². The molecular weight excluding hydrogens is 302 g/mol. The predicted molar refractivity (Wildman–Crippen MR) is 66.4 cm³/mol. The molecule has 0 amide bonds. The number of rotatable bonds is 2. The molecule has 7 heteroatoms. The minimum atomic E-state index is -4.75.